The number of hydrogen-bond acceptors (Lipinski definition) is 5. The van der Waals surface area contributed by atoms with Gasteiger partial charge in [0.05, 0.1) is 11.3 Å². The molecule has 2 aromatic carbocycles. The Labute approximate surface area is 190 Å². The molecule has 0 radical (unpaired) electrons. The van der Waals surface area contributed by atoms with Gasteiger partial charge in [0.2, 0.25) is 0 Å². The number of rotatable bonds is 7. The lowest BCUT2D eigenvalue weighted by Gasteiger charge is -2.10. The fourth-order valence-corrected chi connectivity index (χ4v) is 5.14. The van der Waals surface area contributed by atoms with Gasteiger partial charge in [-0.25, -0.2) is 19.2 Å². The topological polar surface area (TPSA) is 75.1 Å². The summed E-state index contributed by atoms with van der Waals surface area (Å²) in [6, 6.07) is 10.3. The van der Waals surface area contributed by atoms with E-state index in [-0.39, 0.29) is 5.82 Å². The first kappa shape index (κ1) is 21.9. The molecule has 2 N–H and O–H groups in total. The van der Waals surface area contributed by atoms with E-state index in [0.29, 0.717) is 24.3 Å². The maximum absolute atomic E-state index is 13.9. The van der Waals surface area contributed by atoms with Crippen LogP contribution in [0, 0.1) is 19.7 Å². The lowest BCUT2D eigenvalue weighted by Crippen LogP contribution is -2.07. The molecular weight excluding hydrogens is 425 g/mol. The number of aryl methyl sites for hydroxylation is 3. The first-order valence-corrected chi connectivity index (χ1v) is 11.3. The van der Waals surface area contributed by atoms with Crippen LogP contribution in [0.2, 0.25) is 0 Å². The molecule has 0 aliphatic heterocycles. The van der Waals surface area contributed by atoms with E-state index in [1.54, 1.807) is 35.6 Å². The number of nitrogens with one attached hydrogen (secondary N) is 1. The Morgan fingerprint density at radius 3 is 2.72 bits per heavy atom. The van der Waals surface area contributed by atoms with Crippen LogP contribution in [0.3, 0.4) is 0 Å². The highest BCUT2D eigenvalue weighted by atomic mass is 32.1. The number of carbonyl (C=O) groups is 1. The lowest BCUT2D eigenvalue weighted by molar-refractivity contribution is 0.0695. The van der Waals surface area contributed by atoms with Gasteiger partial charge < -0.3 is 10.4 Å². The van der Waals surface area contributed by atoms with Crippen LogP contribution in [-0.2, 0) is 12.8 Å². The fourth-order valence-electron chi connectivity index (χ4n) is 3.99. The van der Waals surface area contributed by atoms with E-state index in [9.17, 15) is 14.3 Å². The van der Waals surface area contributed by atoms with Gasteiger partial charge in [0, 0.05) is 27.8 Å². The van der Waals surface area contributed by atoms with E-state index < -0.39 is 5.97 Å². The van der Waals surface area contributed by atoms with Crippen molar-refractivity contribution in [2.24, 2.45) is 0 Å². The Hall–Kier alpha value is -3.32. The monoisotopic (exact) mass is 449 g/mol. The number of carboxylic acid groups (broad SMARTS) is 1. The summed E-state index contributed by atoms with van der Waals surface area (Å²) in [5.74, 6) is -0.442. The second-order valence-electron chi connectivity index (χ2n) is 7.73. The van der Waals surface area contributed by atoms with E-state index in [2.05, 4.69) is 22.2 Å². The molecule has 0 bridgehead atoms. The third-order valence-corrected chi connectivity index (χ3v) is 6.90. The molecular formula is C25H24FN3O2S. The summed E-state index contributed by atoms with van der Waals surface area (Å²) in [7, 11) is 0. The van der Waals surface area contributed by atoms with Gasteiger partial charge >= 0.3 is 5.97 Å². The Bertz CT molecular complexity index is 1320. The maximum Gasteiger partial charge on any atom is 0.335 e. The number of aromatic nitrogens is 2. The van der Waals surface area contributed by atoms with Gasteiger partial charge in [-0.2, -0.15) is 0 Å². The first-order valence-electron chi connectivity index (χ1n) is 10.5. The molecule has 32 heavy (non-hydrogen) atoms. The van der Waals surface area contributed by atoms with Gasteiger partial charge in [0.15, 0.2) is 0 Å². The SMILES string of the molecule is CCc1cc(-c2cc(NCCc3c(C)sc4c(C)cc(F)cc34)ncn2)ccc1C(=O)O. The molecule has 2 heterocycles. The maximum atomic E-state index is 13.9. The zero-order valence-electron chi connectivity index (χ0n) is 18.2. The van der Waals surface area contributed by atoms with Crippen LogP contribution in [0.1, 0.15) is 38.8 Å². The van der Waals surface area contributed by atoms with Crippen molar-refractivity contribution >= 4 is 33.2 Å². The van der Waals surface area contributed by atoms with Gasteiger partial charge in [-0.05, 0) is 73.0 Å². The van der Waals surface area contributed by atoms with Crippen LogP contribution in [0.4, 0.5) is 10.2 Å². The second-order valence-corrected chi connectivity index (χ2v) is 8.96. The molecule has 0 atom stereocenters. The average Bonchev–Trinajstić information content (AvgIpc) is 3.09. The highest BCUT2D eigenvalue weighted by Crippen LogP contribution is 2.34. The number of carboxylic acids is 1. The van der Waals surface area contributed by atoms with Gasteiger partial charge in [0.25, 0.3) is 0 Å². The molecule has 7 heteroatoms. The summed E-state index contributed by atoms with van der Waals surface area (Å²) in [5.41, 5.74) is 4.78. The summed E-state index contributed by atoms with van der Waals surface area (Å²) in [6.45, 7) is 6.60. The second kappa shape index (κ2) is 9.04. The van der Waals surface area contributed by atoms with Crippen molar-refractivity contribution in [1.29, 1.82) is 0 Å². The third kappa shape index (κ3) is 4.34. The molecule has 0 unspecified atom stereocenters. The molecule has 2 aromatic heterocycles. The molecule has 0 fully saturated rings. The average molecular weight is 450 g/mol. The van der Waals surface area contributed by atoms with Gasteiger partial charge in [0.1, 0.15) is 18.0 Å². The number of benzene rings is 2. The molecule has 0 amide bonds. The van der Waals surface area contributed by atoms with Crippen molar-refractivity contribution in [3.05, 3.63) is 75.7 Å². The fraction of sp³-hybridized carbons (Fsp3) is 0.240. The first-order chi connectivity index (χ1) is 15.4. The Morgan fingerprint density at radius 1 is 1.16 bits per heavy atom. The van der Waals surface area contributed by atoms with Crippen molar-refractivity contribution in [3.63, 3.8) is 0 Å². The zero-order chi connectivity index (χ0) is 22.8. The molecule has 0 saturated carbocycles. The van der Waals surface area contributed by atoms with Crippen molar-refractivity contribution in [3.8, 4) is 11.3 Å². The van der Waals surface area contributed by atoms with Crippen LogP contribution in [0.5, 0.6) is 0 Å². The van der Waals surface area contributed by atoms with Gasteiger partial charge in [-0.15, -0.1) is 11.3 Å². The quantitative estimate of drug-likeness (QED) is 0.360. The van der Waals surface area contributed by atoms with Crippen LogP contribution < -0.4 is 5.32 Å². The predicted octanol–water partition coefficient (Wildman–Crippen LogP) is 6.03. The van der Waals surface area contributed by atoms with Gasteiger partial charge in [-0.3, -0.25) is 0 Å². The number of aromatic carboxylic acids is 1. The minimum Gasteiger partial charge on any atom is -0.478 e. The zero-order valence-corrected chi connectivity index (χ0v) is 19.0. The van der Waals surface area contributed by atoms with E-state index in [0.717, 1.165) is 44.5 Å². The minimum atomic E-state index is -0.926. The number of fused-ring (bicyclic) bond motifs is 1. The molecule has 0 spiro atoms. The normalized spacial score (nSPS) is 11.1. The summed E-state index contributed by atoms with van der Waals surface area (Å²) in [6.07, 6.45) is 2.87. The Kier molecular flexibility index (Phi) is 6.19. The minimum absolute atomic E-state index is 0.206. The van der Waals surface area contributed by atoms with Crippen LogP contribution in [-0.4, -0.2) is 27.6 Å². The van der Waals surface area contributed by atoms with Crippen molar-refractivity contribution in [2.45, 2.75) is 33.6 Å². The number of nitrogens with zero attached hydrogens (tertiary/aromatic N) is 2. The van der Waals surface area contributed by atoms with E-state index in [4.69, 9.17) is 0 Å². The number of hydrogen-bond donors (Lipinski definition) is 2. The standard InChI is InChI=1S/C25H24FN3O2S/c1-4-16-10-17(5-6-20(16)25(30)31)22-12-23(29-13-28-22)27-8-7-19-15(3)32-24-14(2)9-18(26)11-21(19)24/h5-6,9-13H,4,7-8H2,1-3H3,(H,30,31)(H,27,28,29). The highest BCUT2D eigenvalue weighted by Gasteiger charge is 2.13. The summed E-state index contributed by atoms with van der Waals surface area (Å²) in [4.78, 5) is 21.2. The largest absolute Gasteiger partial charge is 0.478 e. The number of anilines is 1. The number of thiophene rings is 1. The van der Waals surface area contributed by atoms with Crippen molar-refractivity contribution in [1.82, 2.24) is 9.97 Å². The molecule has 0 aliphatic carbocycles. The molecule has 0 aliphatic rings. The van der Waals surface area contributed by atoms with E-state index >= 15 is 0 Å². The molecule has 5 nitrogen and oxygen atoms in total. The van der Waals surface area contributed by atoms with E-state index in [1.165, 1.54) is 11.2 Å². The van der Waals surface area contributed by atoms with Crippen LogP contribution >= 0.6 is 11.3 Å². The van der Waals surface area contributed by atoms with Crippen LogP contribution in [0.25, 0.3) is 21.3 Å². The lowest BCUT2D eigenvalue weighted by atomic mass is 10.0. The van der Waals surface area contributed by atoms with Crippen molar-refractivity contribution in [2.75, 3.05) is 11.9 Å². The summed E-state index contributed by atoms with van der Waals surface area (Å²) >= 11 is 1.70. The predicted molar refractivity (Wildman–Crippen MR) is 127 cm³/mol. The van der Waals surface area contributed by atoms with Crippen LogP contribution in [0.15, 0.2) is 42.7 Å². The van der Waals surface area contributed by atoms with Crippen molar-refractivity contribution < 1.29 is 14.3 Å². The molecule has 4 aromatic rings. The van der Waals surface area contributed by atoms with Gasteiger partial charge in [-0.1, -0.05) is 13.0 Å². The Balaban J connectivity index is 1.52. The molecule has 164 valence electrons. The summed E-state index contributed by atoms with van der Waals surface area (Å²) in [5, 5.41) is 13.7. The smallest absolute Gasteiger partial charge is 0.335 e. The molecule has 4 rings (SSSR count). The Morgan fingerprint density at radius 2 is 1.97 bits per heavy atom. The third-order valence-electron chi connectivity index (χ3n) is 5.61. The highest BCUT2D eigenvalue weighted by molar-refractivity contribution is 7.19. The molecule has 0 saturated heterocycles. The number of halogens is 1. The summed E-state index contributed by atoms with van der Waals surface area (Å²) < 4.78 is 15.1. The van der Waals surface area contributed by atoms with E-state index in [1.807, 2.05) is 26.0 Å².